The van der Waals surface area contributed by atoms with Crippen molar-refractivity contribution in [1.29, 1.82) is 0 Å². The number of carboxylic acid groups (broad SMARTS) is 1. The number of sulfonamides is 1. The van der Waals surface area contributed by atoms with Gasteiger partial charge in [-0.3, -0.25) is 0 Å². The number of aliphatic carboxylic acids is 1. The first-order valence-corrected chi connectivity index (χ1v) is 8.76. The van der Waals surface area contributed by atoms with E-state index in [0.29, 0.717) is 5.56 Å². The van der Waals surface area contributed by atoms with E-state index in [1.54, 1.807) is 30.3 Å². The van der Waals surface area contributed by atoms with E-state index in [2.05, 4.69) is 4.72 Å². The summed E-state index contributed by atoms with van der Waals surface area (Å²) < 4.78 is 26.9. The zero-order valence-electron chi connectivity index (χ0n) is 11.7. The number of nitrogens with one attached hydrogen (secondary N) is 1. The zero-order chi connectivity index (χ0) is 17.0. The van der Waals surface area contributed by atoms with Crippen molar-refractivity contribution in [2.75, 3.05) is 0 Å². The van der Waals surface area contributed by atoms with Gasteiger partial charge in [-0.1, -0.05) is 59.6 Å². The van der Waals surface area contributed by atoms with Crippen LogP contribution in [0.2, 0.25) is 10.0 Å². The Morgan fingerprint density at radius 1 is 1.04 bits per heavy atom. The maximum absolute atomic E-state index is 12.4. The molecule has 0 spiro atoms. The van der Waals surface area contributed by atoms with Gasteiger partial charge in [0.2, 0.25) is 10.0 Å². The van der Waals surface area contributed by atoms with Gasteiger partial charge >= 0.3 is 0 Å². The Bertz CT molecular complexity index is 789. The summed E-state index contributed by atoms with van der Waals surface area (Å²) in [4.78, 5) is 10.9. The van der Waals surface area contributed by atoms with Crippen molar-refractivity contribution in [1.82, 2.24) is 4.72 Å². The van der Waals surface area contributed by atoms with E-state index in [9.17, 15) is 18.3 Å². The Kier molecular flexibility index (Phi) is 5.64. The Morgan fingerprint density at radius 2 is 1.61 bits per heavy atom. The van der Waals surface area contributed by atoms with E-state index >= 15 is 0 Å². The Hall–Kier alpha value is -1.60. The molecule has 2 aromatic rings. The van der Waals surface area contributed by atoms with Gasteiger partial charge in [0.15, 0.2) is 0 Å². The highest BCUT2D eigenvalue weighted by Crippen LogP contribution is 2.29. The highest BCUT2D eigenvalue weighted by atomic mass is 35.5. The highest BCUT2D eigenvalue weighted by Gasteiger charge is 2.25. The summed E-state index contributed by atoms with van der Waals surface area (Å²) in [6.45, 7) is 0. The number of benzene rings is 2. The normalized spacial score (nSPS) is 12.8. The first kappa shape index (κ1) is 17.7. The number of carboxylic acids is 1. The molecule has 0 saturated carbocycles. The van der Waals surface area contributed by atoms with Gasteiger partial charge in [0.1, 0.15) is 4.90 Å². The number of hydrogen-bond donors (Lipinski definition) is 1. The number of halogens is 2. The van der Waals surface area contributed by atoms with Gasteiger partial charge < -0.3 is 9.90 Å². The minimum Gasteiger partial charge on any atom is -0.548 e. The second-order valence-electron chi connectivity index (χ2n) is 4.73. The minimum atomic E-state index is -4.22. The smallest absolute Gasteiger partial charge is 0.244 e. The van der Waals surface area contributed by atoms with Gasteiger partial charge in [-0.2, -0.15) is 0 Å². The molecule has 0 aliphatic carbocycles. The lowest BCUT2D eigenvalue weighted by molar-refractivity contribution is -0.307. The monoisotopic (exact) mass is 372 g/mol. The summed E-state index contributed by atoms with van der Waals surface area (Å²) in [5.74, 6) is -1.54. The summed E-state index contributed by atoms with van der Waals surface area (Å²) in [6.07, 6.45) is -0.0650. The van der Waals surface area contributed by atoms with Crippen LogP contribution in [0.5, 0.6) is 0 Å². The second kappa shape index (κ2) is 7.31. The van der Waals surface area contributed by atoms with Gasteiger partial charge in [-0.25, -0.2) is 13.1 Å². The Labute approximate surface area is 143 Å². The van der Waals surface area contributed by atoms with Crippen LogP contribution in [0, 0.1) is 0 Å². The molecule has 0 aliphatic heterocycles. The SMILES string of the molecule is O=C([O-])[C@H](Cc1ccccc1)NS(=O)(=O)c1c(Cl)cccc1Cl. The van der Waals surface area contributed by atoms with Gasteiger partial charge in [0.25, 0.3) is 0 Å². The third-order valence-electron chi connectivity index (χ3n) is 3.05. The molecule has 122 valence electrons. The van der Waals surface area contributed by atoms with Crippen LogP contribution in [-0.2, 0) is 21.2 Å². The first-order chi connectivity index (χ1) is 10.8. The second-order valence-corrected chi connectivity index (χ2v) is 7.20. The fraction of sp³-hybridized carbons (Fsp3) is 0.133. The van der Waals surface area contributed by atoms with Crippen LogP contribution in [0.15, 0.2) is 53.4 Å². The number of rotatable bonds is 6. The maximum Gasteiger partial charge on any atom is 0.244 e. The van der Waals surface area contributed by atoms with Crippen LogP contribution in [0.25, 0.3) is 0 Å². The van der Waals surface area contributed by atoms with Crippen molar-refractivity contribution in [3.05, 3.63) is 64.1 Å². The van der Waals surface area contributed by atoms with E-state index in [0.717, 1.165) is 0 Å². The van der Waals surface area contributed by atoms with E-state index in [1.165, 1.54) is 18.2 Å². The predicted octanol–water partition coefficient (Wildman–Crippen LogP) is 1.63. The fourth-order valence-corrected chi connectivity index (χ4v) is 4.34. The van der Waals surface area contributed by atoms with Gasteiger partial charge in [-0.15, -0.1) is 0 Å². The van der Waals surface area contributed by atoms with Crippen LogP contribution < -0.4 is 9.83 Å². The van der Waals surface area contributed by atoms with E-state index < -0.39 is 22.0 Å². The maximum atomic E-state index is 12.4. The molecule has 2 rings (SSSR count). The molecule has 0 aliphatic rings. The molecular weight excluding hydrogens is 361 g/mol. The van der Waals surface area contributed by atoms with Crippen molar-refractivity contribution < 1.29 is 18.3 Å². The van der Waals surface area contributed by atoms with E-state index in [4.69, 9.17) is 23.2 Å². The van der Waals surface area contributed by atoms with Crippen molar-refractivity contribution in [3.8, 4) is 0 Å². The molecule has 0 amide bonds. The molecule has 0 fully saturated rings. The van der Waals surface area contributed by atoms with Gasteiger partial charge in [-0.05, 0) is 24.1 Å². The lowest BCUT2D eigenvalue weighted by Crippen LogP contribution is -2.49. The van der Waals surface area contributed by atoms with Gasteiger partial charge in [0.05, 0.1) is 22.1 Å². The quantitative estimate of drug-likeness (QED) is 0.834. The van der Waals surface area contributed by atoms with Crippen LogP contribution in [0.1, 0.15) is 5.56 Å². The molecule has 0 radical (unpaired) electrons. The largest absolute Gasteiger partial charge is 0.548 e. The topological polar surface area (TPSA) is 86.3 Å². The lowest BCUT2D eigenvalue weighted by atomic mass is 10.1. The van der Waals surface area contributed by atoms with Crippen molar-refractivity contribution in [2.45, 2.75) is 17.4 Å². The number of carbonyl (C=O) groups is 1. The summed E-state index contributed by atoms with van der Waals surface area (Å²) in [7, 11) is -4.22. The third kappa shape index (κ3) is 4.45. The van der Waals surface area contributed by atoms with Gasteiger partial charge in [0, 0.05) is 0 Å². The number of carbonyl (C=O) groups excluding carboxylic acids is 1. The average molecular weight is 373 g/mol. The molecule has 0 saturated heterocycles. The molecule has 0 heterocycles. The Morgan fingerprint density at radius 3 is 2.13 bits per heavy atom. The lowest BCUT2D eigenvalue weighted by Gasteiger charge is -2.20. The highest BCUT2D eigenvalue weighted by molar-refractivity contribution is 7.89. The molecule has 8 heteroatoms. The summed E-state index contributed by atoms with van der Waals surface area (Å²) in [6, 6.07) is 11.3. The molecule has 2 aromatic carbocycles. The first-order valence-electron chi connectivity index (χ1n) is 6.52. The molecule has 0 bridgehead atoms. The number of hydrogen-bond acceptors (Lipinski definition) is 4. The summed E-state index contributed by atoms with van der Waals surface area (Å²) in [5, 5.41) is 11.1. The molecular formula is C15H12Cl2NO4S-. The molecule has 23 heavy (non-hydrogen) atoms. The zero-order valence-corrected chi connectivity index (χ0v) is 14.0. The predicted molar refractivity (Wildman–Crippen MR) is 85.7 cm³/mol. The molecule has 5 nitrogen and oxygen atoms in total. The molecule has 0 unspecified atom stereocenters. The van der Waals surface area contributed by atoms with Crippen molar-refractivity contribution in [2.24, 2.45) is 0 Å². The van der Waals surface area contributed by atoms with Crippen LogP contribution in [0.4, 0.5) is 0 Å². The fourth-order valence-electron chi connectivity index (χ4n) is 2.01. The third-order valence-corrected chi connectivity index (χ3v) is 5.48. The Balaban J connectivity index is 2.31. The summed E-state index contributed by atoms with van der Waals surface area (Å²) >= 11 is 11.7. The van der Waals surface area contributed by atoms with E-state index in [1.807, 2.05) is 0 Å². The molecule has 1 N–H and O–H groups in total. The standard InChI is InChI=1S/C15H13Cl2NO4S/c16-11-7-4-8-12(17)14(11)23(21,22)18-13(15(19)20)9-10-5-2-1-3-6-10/h1-8,13,18H,9H2,(H,19,20)/p-1/t13-/m0/s1. The average Bonchev–Trinajstić information content (AvgIpc) is 2.46. The van der Waals surface area contributed by atoms with Crippen LogP contribution in [-0.4, -0.2) is 20.4 Å². The minimum absolute atomic E-state index is 0.0650. The van der Waals surface area contributed by atoms with Crippen LogP contribution >= 0.6 is 23.2 Å². The summed E-state index contributed by atoms with van der Waals surface area (Å²) in [5.41, 5.74) is 0.648. The van der Waals surface area contributed by atoms with Crippen molar-refractivity contribution in [3.63, 3.8) is 0 Å². The molecule has 0 aromatic heterocycles. The molecule has 1 atom stereocenters. The van der Waals surface area contributed by atoms with Crippen molar-refractivity contribution >= 4 is 39.2 Å². The van der Waals surface area contributed by atoms with Crippen LogP contribution in [0.3, 0.4) is 0 Å². The van der Waals surface area contributed by atoms with E-state index in [-0.39, 0.29) is 21.4 Å².